The molecule has 0 bridgehead atoms. The van der Waals surface area contributed by atoms with Gasteiger partial charge in [0.15, 0.2) is 0 Å². The molecule has 4 rings (SSSR count). The Bertz CT molecular complexity index is 1200. The van der Waals surface area contributed by atoms with Crippen LogP contribution in [-0.2, 0) is 4.79 Å². The molecule has 2 heterocycles. The number of benzene rings is 2. The Kier molecular flexibility index (Phi) is 7.10. The second kappa shape index (κ2) is 10.0. The lowest BCUT2D eigenvalue weighted by Gasteiger charge is -2.31. The molecule has 0 aliphatic carbocycles. The minimum absolute atomic E-state index is 0.118. The molecular formula is C24H26BrN4O2S+. The smallest absolute Gasteiger partial charge is 0.291 e. The second-order valence-corrected chi connectivity index (χ2v) is 9.70. The van der Waals surface area contributed by atoms with Crippen molar-refractivity contribution in [2.75, 3.05) is 10.7 Å². The average molecular weight is 514 g/mol. The number of halogens is 1. The minimum Gasteiger partial charge on any atom is -0.291 e. The molecule has 1 aromatic heterocycles. The number of anilines is 1. The predicted octanol–water partition coefficient (Wildman–Crippen LogP) is 5.07. The largest absolute Gasteiger partial charge is 0.325 e. The number of carbonyl (C=O) groups is 1. The molecule has 32 heavy (non-hydrogen) atoms. The van der Waals surface area contributed by atoms with E-state index in [9.17, 15) is 9.59 Å². The number of para-hydroxylation sites is 1. The van der Waals surface area contributed by atoms with Crippen LogP contribution in [0, 0.1) is 0 Å². The van der Waals surface area contributed by atoms with Crippen molar-refractivity contribution in [2.24, 2.45) is 0 Å². The fourth-order valence-electron chi connectivity index (χ4n) is 4.04. The zero-order valence-corrected chi connectivity index (χ0v) is 20.6. The first-order chi connectivity index (χ1) is 15.5. The van der Waals surface area contributed by atoms with E-state index in [-0.39, 0.29) is 11.5 Å². The molecule has 0 saturated carbocycles. The predicted molar refractivity (Wildman–Crippen MR) is 131 cm³/mol. The molecule has 0 unspecified atom stereocenters. The molecule has 8 heteroatoms. The summed E-state index contributed by atoms with van der Waals surface area (Å²) in [5.74, 6) is 0.766. The molecule has 1 aliphatic rings. The first-order valence-corrected chi connectivity index (χ1v) is 12.6. The van der Waals surface area contributed by atoms with Crippen molar-refractivity contribution in [3.05, 3.63) is 68.9 Å². The molecule has 2 aromatic carbocycles. The van der Waals surface area contributed by atoms with Crippen molar-refractivity contribution in [3.8, 4) is 11.3 Å². The molecule has 0 spiro atoms. The molecule has 1 N–H and O–H groups in total. The summed E-state index contributed by atoms with van der Waals surface area (Å²) < 4.78 is 2.56. The van der Waals surface area contributed by atoms with Crippen LogP contribution in [0.15, 0.2) is 63.0 Å². The van der Waals surface area contributed by atoms with Gasteiger partial charge in [-0.05, 0) is 35.4 Å². The van der Waals surface area contributed by atoms with Gasteiger partial charge in [-0.1, -0.05) is 78.1 Å². The van der Waals surface area contributed by atoms with E-state index < -0.39 is 6.17 Å². The van der Waals surface area contributed by atoms with Gasteiger partial charge >= 0.3 is 11.3 Å². The van der Waals surface area contributed by atoms with E-state index in [4.69, 9.17) is 5.10 Å². The number of unbranched alkanes of at least 4 members (excludes halogenated alkanes) is 3. The lowest BCUT2D eigenvalue weighted by molar-refractivity contribution is -0.763. The maximum Gasteiger partial charge on any atom is 0.325 e. The number of aromatic nitrogens is 3. The lowest BCUT2D eigenvalue weighted by atomic mass is 10.0. The van der Waals surface area contributed by atoms with E-state index in [2.05, 4.69) is 27.8 Å². The highest BCUT2D eigenvalue weighted by Gasteiger charge is 2.45. The summed E-state index contributed by atoms with van der Waals surface area (Å²) >= 11 is 5.18. The van der Waals surface area contributed by atoms with Crippen molar-refractivity contribution < 1.29 is 9.48 Å². The number of hydrogen-bond acceptors (Lipinski definition) is 4. The van der Waals surface area contributed by atoms with Gasteiger partial charge in [0.05, 0.1) is 16.8 Å². The third kappa shape index (κ3) is 4.38. The van der Waals surface area contributed by atoms with Gasteiger partial charge in [0.2, 0.25) is 11.1 Å². The Morgan fingerprint density at radius 2 is 1.91 bits per heavy atom. The Morgan fingerprint density at radius 3 is 2.66 bits per heavy atom. The molecule has 3 aromatic rings. The molecule has 0 radical (unpaired) electrons. The number of nitrogens with one attached hydrogen (secondary N) is 1. The SMILES string of the molecule is CCCCCCSc1n[n+]2c(c(=O)[nH]1)-c1ccccc1N(C(C)=O)[C@@H]2c1ccccc1Br. The number of H-pyrrole nitrogens is 1. The zero-order chi connectivity index (χ0) is 22.7. The third-order valence-electron chi connectivity index (χ3n) is 5.52. The molecule has 0 fully saturated rings. The van der Waals surface area contributed by atoms with Gasteiger partial charge in [0, 0.05) is 22.2 Å². The summed E-state index contributed by atoms with van der Waals surface area (Å²) in [6, 6.07) is 15.2. The normalized spacial score (nSPS) is 14.7. The summed E-state index contributed by atoms with van der Waals surface area (Å²) in [5.41, 5.74) is 2.51. The number of aromatic amines is 1. The van der Waals surface area contributed by atoms with Crippen LogP contribution in [0.4, 0.5) is 5.69 Å². The Hall–Kier alpha value is -2.45. The van der Waals surface area contributed by atoms with Gasteiger partial charge in [-0.25, -0.2) is 4.90 Å². The van der Waals surface area contributed by atoms with Crippen LogP contribution in [0.3, 0.4) is 0 Å². The number of nitrogens with zero attached hydrogens (tertiary/aromatic N) is 3. The summed E-state index contributed by atoms with van der Waals surface area (Å²) in [6.45, 7) is 3.73. The molecule has 166 valence electrons. The van der Waals surface area contributed by atoms with Crippen molar-refractivity contribution in [1.29, 1.82) is 0 Å². The minimum atomic E-state index is -0.574. The lowest BCUT2D eigenvalue weighted by Crippen LogP contribution is -2.60. The highest BCUT2D eigenvalue weighted by Crippen LogP contribution is 2.38. The van der Waals surface area contributed by atoms with Crippen LogP contribution in [-0.4, -0.2) is 21.7 Å². The van der Waals surface area contributed by atoms with Crippen LogP contribution in [0.5, 0.6) is 0 Å². The fraction of sp³-hybridized carbons (Fsp3) is 0.333. The number of hydrogen-bond donors (Lipinski definition) is 1. The maximum atomic E-state index is 13.3. The Labute approximate surface area is 200 Å². The Morgan fingerprint density at radius 1 is 1.16 bits per heavy atom. The van der Waals surface area contributed by atoms with E-state index >= 15 is 0 Å². The van der Waals surface area contributed by atoms with Gasteiger partial charge in [-0.15, -0.1) is 0 Å². The van der Waals surface area contributed by atoms with E-state index in [0.29, 0.717) is 22.1 Å². The van der Waals surface area contributed by atoms with Gasteiger partial charge in [-0.3, -0.25) is 14.6 Å². The van der Waals surface area contributed by atoms with Crippen molar-refractivity contribution >= 4 is 39.3 Å². The molecular weight excluding hydrogens is 488 g/mol. The number of rotatable bonds is 7. The summed E-state index contributed by atoms with van der Waals surface area (Å²) in [7, 11) is 0. The summed E-state index contributed by atoms with van der Waals surface area (Å²) in [5, 5.41) is 5.40. The molecule has 6 nitrogen and oxygen atoms in total. The fourth-order valence-corrected chi connectivity index (χ4v) is 5.38. The Balaban J connectivity index is 1.87. The molecule has 1 amide bonds. The quantitative estimate of drug-likeness (QED) is 0.272. The number of amides is 1. The number of thioether (sulfide) groups is 1. The highest BCUT2D eigenvalue weighted by molar-refractivity contribution is 9.10. The highest BCUT2D eigenvalue weighted by atomic mass is 79.9. The number of carbonyl (C=O) groups excluding carboxylic acids is 1. The third-order valence-corrected chi connectivity index (χ3v) is 7.19. The topological polar surface area (TPSA) is 69.9 Å². The van der Waals surface area contributed by atoms with Gasteiger partial charge in [-0.2, -0.15) is 0 Å². The average Bonchev–Trinajstić information content (AvgIpc) is 2.78. The van der Waals surface area contributed by atoms with Gasteiger partial charge in [0.1, 0.15) is 0 Å². The monoisotopic (exact) mass is 513 g/mol. The second-order valence-electron chi connectivity index (χ2n) is 7.76. The first kappa shape index (κ1) is 22.7. The maximum absolute atomic E-state index is 13.3. The summed E-state index contributed by atoms with van der Waals surface area (Å²) in [6.07, 6.45) is 4.05. The van der Waals surface area contributed by atoms with Crippen LogP contribution in [0.2, 0.25) is 0 Å². The van der Waals surface area contributed by atoms with Crippen LogP contribution >= 0.6 is 27.7 Å². The molecule has 1 atom stereocenters. The van der Waals surface area contributed by atoms with Crippen molar-refractivity contribution in [2.45, 2.75) is 50.9 Å². The summed E-state index contributed by atoms with van der Waals surface area (Å²) in [4.78, 5) is 30.8. The van der Waals surface area contributed by atoms with Crippen LogP contribution < -0.4 is 15.1 Å². The van der Waals surface area contributed by atoms with E-state index in [0.717, 1.165) is 28.6 Å². The van der Waals surface area contributed by atoms with Crippen LogP contribution in [0.1, 0.15) is 51.3 Å². The van der Waals surface area contributed by atoms with E-state index in [1.807, 2.05) is 48.5 Å². The zero-order valence-electron chi connectivity index (χ0n) is 18.2. The first-order valence-electron chi connectivity index (χ1n) is 10.9. The van der Waals surface area contributed by atoms with E-state index in [1.54, 1.807) is 28.3 Å². The number of fused-ring (bicyclic) bond motifs is 3. The molecule has 1 aliphatic heterocycles. The van der Waals surface area contributed by atoms with Gasteiger partial charge in [0.25, 0.3) is 6.17 Å². The standard InChI is InChI=1S/C24H25BrN4O2S/c1-3-4-5-10-15-32-24-26-22(31)21-18-12-7-9-14-20(18)28(16(2)30)23(29(21)27-24)17-11-6-8-13-19(17)25/h6-9,11-14,23H,3-5,10,15H2,1-2H3/p+1/t23-/m0/s1. The molecule has 0 saturated heterocycles. The van der Waals surface area contributed by atoms with E-state index in [1.165, 1.54) is 12.8 Å². The van der Waals surface area contributed by atoms with Crippen LogP contribution in [0.25, 0.3) is 11.3 Å². The van der Waals surface area contributed by atoms with Gasteiger partial charge < -0.3 is 0 Å². The van der Waals surface area contributed by atoms with Crippen molar-refractivity contribution in [3.63, 3.8) is 0 Å². The van der Waals surface area contributed by atoms with Crippen molar-refractivity contribution in [1.82, 2.24) is 10.1 Å².